The summed E-state index contributed by atoms with van der Waals surface area (Å²) in [4.78, 5) is 22.2. The van der Waals surface area contributed by atoms with Gasteiger partial charge < -0.3 is 30.5 Å². The van der Waals surface area contributed by atoms with Crippen LogP contribution in [0.3, 0.4) is 0 Å². The van der Waals surface area contributed by atoms with Crippen LogP contribution in [0.4, 0.5) is 0 Å². The van der Waals surface area contributed by atoms with Gasteiger partial charge in [0.05, 0.1) is 19.6 Å². The molecule has 17 heavy (non-hydrogen) atoms. The van der Waals surface area contributed by atoms with Crippen LogP contribution in [-0.4, -0.2) is 65.8 Å². The summed E-state index contributed by atoms with van der Waals surface area (Å²) in [7, 11) is 0. The highest BCUT2D eigenvalue weighted by Gasteiger charge is 2.20. The maximum atomic E-state index is 11.2. The fourth-order valence-electron chi connectivity index (χ4n) is 0.819. The normalized spacial score (nSPS) is 13.9. The van der Waals surface area contributed by atoms with E-state index >= 15 is 0 Å². The van der Waals surface area contributed by atoms with Crippen molar-refractivity contribution in [2.24, 2.45) is 5.73 Å². The minimum atomic E-state index is -1.20. The van der Waals surface area contributed by atoms with E-state index in [2.05, 4.69) is 9.47 Å². The third-order valence-corrected chi connectivity index (χ3v) is 1.67. The zero-order valence-electron chi connectivity index (χ0n) is 9.24. The number of hydrogen-bond acceptors (Lipinski definition) is 8. The maximum Gasteiger partial charge on any atom is 0.323 e. The second kappa shape index (κ2) is 8.88. The Labute approximate surface area is 97.9 Å². The Balaban J connectivity index is 3.84. The van der Waals surface area contributed by atoms with Crippen molar-refractivity contribution in [1.82, 2.24) is 0 Å². The number of aliphatic hydroxyl groups excluding tert-OH is 3. The van der Waals surface area contributed by atoms with Gasteiger partial charge in [-0.05, 0) is 0 Å². The van der Waals surface area contributed by atoms with Crippen LogP contribution >= 0.6 is 0 Å². The fourth-order valence-corrected chi connectivity index (χ4v) is 0.819. The Bertz CT molecular complexity index is 245. The molecular weight excluding hydrogens is 234 g/mol. The first kappa shape index (κ1) is 15.8. The summed E-state index contributed by atoms with van der Waals surface area (Å²) >= 11 is 0. The molecule has 1 unspecified atom stereocenters. The Kier molecular flexibility index (Phi) is 8.24. The number of hydrogen-bond donors (Lipinski definition) is 4. The minimum absolute atomic E-state index is 0.163. The van der Waals surface area contributed by atoms with Crippen LogP contribution < -0.4 is 5.73 Å². The van der Waals surface area contributed by atoms with Crippen molar-refractivity contribution in [3.63, 3.8) is 0 Å². The van der Waals surface area contributed by atoms with Gasteiger partial charge >= 0.3 is 11.9 Å². The van der Waals surface area contributed by atoms with Crippen molar-refractivity contribution in [1.29, 1.82) is 0 Å². The van der Waals surface area contributed by atoms with Gasteiger partial charge in [0, 0.05) is 0 Å². The molecule has 0 spiro atoms. The van der Waals surface area contributed by atoms with Crippen molar-refractivity contribution < 1.29 is 34.4 Å². The Morgan fingerprint density at radius 3 is 2.41 bits per heavy atom. The van der Waals surface area contributed by atoms with Crippen LogP contribution in [0.25, 0.3) is 0 Å². The van der Waals surface area contributed by atoms with Crippen molar-refractivity contribution in [3.8, 4) is 0 Å². The molecule has 0 heterocycles. The lowest BCUT2D eigenvalue weighted by atomic mass is 10.2. The van der Waals surface area contributed by atoms with Crippen molar-refractivity contribution >= 4 is 11.9 Å². The van der Waals surface area contributed by atoms with Gasteiger partial charge in [-0.15, -0.1) is 0 Å². The largest absolute Gasteiger partial charge is 0.463 e. The predicted molar refractivity (Wildman–Crippen MR) is 54.7 cm³/mol. The van der Waals surface area contributed by atoms with Gasteiger partial charge in [-0.1, -0.05) is 0 Å². The number of carbonyl (C=O) groups is 2. The molecule has 8 heteroatoms. The van der Waals surface area contributed by atoms with Crippen LogP contribution in [0.1, 0.15) is 6.42 Å². The summed E-state index contributed by atoms with van der Waals surface area (Å²) in [5, 5.41) is 25.7. The molecular formula is C9H17NO7. The number of aliphatic hydroxyl groups is 3. The first-order chi connectivity index (χ1) is 8.01. The highest BCUT2D eigenvalue weighted by molar-refractivity contribution is 5.82. The van der Waals surface area contributed by atoms with E-state index in [0.29, 0.717) is 0 Å². The number of rotatable bonds is 8. The molecule has 0 radical (unpaired) electrons. The van der Waals surface area contributed by atoms with Gasteiger partial charge in [-0.25, -0.2) is 0 Å². The average Bonchev–Trinajstić information content (AvgIpc) is 2.32. The monoisotopic (exact) mass is 251 g/mol. The van der Waals surface area contributed by atoms with Gasteiger partial charge in [0.15, 0.2) is 0 Å². The maximum absolute atomic E-state index is 11.2. The Morgan fingerprint density at radius 1 is 1.24 bits per heavy atom. The lowest BCUT2D eigenvalue weighted by molar-refractivity contribution is -0.154. The van der Waals surface area contributed by atoms with E-state index in [-0.39, 0.29) is 19.6 Å². The highest BCUT2D eigenvalue weighted by Crippen LogP contribution is 1.96. The summed E-state index contributed by atoms with van der Waals surface area (Å²) in [6, 6.07) is -1.20. The summed E-state index contributed by atoms with van der Waals surface area (Å²) in [6.45, 7) is -1.41. The number of carbonyl (C=O) groups excluding carboxylic acids is 2. The van der Waals surface area contributed by atoms with Gasteiger partial charge in [-0.2, -0.15) is 0 Å². The van der Waals surface area contributed by atoms with E-state index in [1.54, 1.807) is 0 Å². The number of esters is 2. The van der Waals surface area contributed by atoms with Crippen LogP contribution in [0, 0.1) is 0 Å². The van der Waals surface area contributed by atoms with E-state index in [4.69, 9.17) is 21.1 Å². The minimum Gasteiger partial charge on any atom is -0.463 e. The van der Waals surface area contributed by atoms with Crippen molar-refractivity contribution in [2.45, 2.75) is 18.6 Å². The zero-order chi connectivity index (χ0) is 13.3. The molecule has 0 aromatic heterocycles. The summed E-state index contributed by atoms with van der Waals surface area (Å²) in [5.41, 5.74) is 5.34. The topological polar surface area (TPSA) is 139 Å². The van der Waals surface area contributed by atoms with Gasteiger partial charge in [0.25, 0.3) is 0 Å². The second-order valence-electron chi connectivity index (χ2n) is 3.22. The smallest absolute Gasteiger partial charge is 0.323 e. The molecule has 100 valence electrons. The molecule has 0 aliphatic carbocycles. The average molecular weight is 251 g/mol. The summed E-state index contributed by atoms with van der Waals surface area (Å²) in [5.74, 6) is -1.61. The Hall–Kier alpha value is -1.22. The van der Waals surface area contributed by atoms with E-state index in [1.165, 1.54) is 0 Å². The number of nitrogens with two attached hydrogens (primary N) is 1. The second-order valence-corrected chi connectivity index (χ2v) is 3.22. The molecule has 0 saturated heterocycles. The fraction of sp³-hybridized carbons (Fsp3) is 0.778. The molecule has 0 aromatic carbocycles. The number of ether oxygens (including phenoxy) is 2. The van der Waals surface area contributed by atoms with Crippen molar-refractivity contribution in [3.05, 3.63) is 0 Å². The molecule has 0 bridgehead atoms. The molecule has 0 aliphatic heterocycles. The molecule has 0 amide bonds. The quantitative estimate of drug-likeness (QED) is 0.338. The van der Waals surface area contributed by atoms with Crippen LogP contribution in [0.2, 0.25) is 0 Å². The molecule has 5 N–H and O–H groups in total. The summed E-state index contributed by atoms with van der Waals surface area (Å²) < 4.78 is 9.02. The highest BCUT2D eigenvalue weighted by atomic mass is 16.5. The van der Waals surface area contributed by atoms with Crippen LogP contribution in [0.15, 0.2) is 0 Å². The molecule has 0 aromatic rings. The lowest BCUT2D eigenvalue weighted by Gasteiger charge is -2.12. The molecule has 0 aliphatic rings. The zero-order valence-corrected chi connectivity index (χ0v) is 9.24. The molecule has 8 nitrogen and oxygen atoms in total. The van der Waals surface area contributed by atoms with Gasteiger partial charge in [0.1, 0.15) is 25.4 Å². The van der Waals surface area contributed by atoms with Crippen molar-refractivity contribution in [2.75, 3.05) is 26.4 Å². The molecule has 2 atom stereocenters. The van der Waals surface area contributed by atoms with Gasteiger partial charge in [0.2, 0.25) is 0 Å². The van der Waals surface area contributed by atoms with Crippen LogP contribution in [-0.2, 0) is 19.1 Å². The Morgan fingerprint density at radius 2 is 1.88 bits per heavy atom. The first-order valence-corrected chi connectivity index (χ1v) is 4.98. The third kappa shape index (κ3) is 7.64. The lowest BCUT2D eigenvalue weighted by Crippen LogP contribution is -2.37. The van der Waals surface area contributed by atoms with Crippen LogP contribution in [0.5, 0.6) is 0 Å². The molecule has 0 fully saturated rings. The summed E-state index contributed by atoms with van der Waals surface area (Å²) in [6.07, 6.45) is -1.55. The molecule has 0 rings (SSSR count). The van der Waals surface area contributed by atoms with E-state index in [9.17, 15) is 9.59 Å². The third-order valence-electron chi connectivity index (χ3n) is 1.67. The molecule has 0 saturated carbocycles. The van der Waals surface area contributed by atoms with Gasteiger partial charge in [-0.3, -0.25) is 9.59 Å². The van der Waals surface area contributed by atoms with E-state index < -0.39 is 37.3 Å². The first-order valence-electron chi connectivity index (χ1n) is 4.98. The van der Waals surface area contributed by atoms with E-state index in [1.807, 2.05) is 0 Å². The predicted octanol–water partition coefficient (Wildman–Crippen LogP) is -2.86. The van der Waals surface area contributed by atoms with E-state index in [0.717, 1.165) is 0 Å². The standard InChI is InChI=1S/C9H17NO7/c10-7(3-8(14)16-2-1-11)9(15)17-5-6(13)4-12/h6-7,11-13H,1-5,10H2/t6?,7-/m0/s1. The SMILES string of the molecule is N[C@@H](CC(=O)OCCO)C(=O)OCC(O)CO.